The van der Waals surface area contributed by atoms with Crippen molar-refractivity contribution < 1.29 is 14.4 Å². The molecular formula is C21H19N5O4. The van der Waals surface area contributed by atoms with Gasteiger partial charge in [-0.15, -0.1) is 0 Å². The summed E-state index contributed by atoms with van der Waals surface area (Å²) in [6.45, 7) is 1.65. The van der Waals surface area contributed by atoms with E-state index in [1.54, 1.807) is 43.3 Å². The molecule has 3 aromatic rings. The molecule has 0 aliphatic carbocycles. The first-order chi connectivity index (χ1) is 14.4. The average molecular weight is 405 g/mol. The third-order valence-corrected chi connectivity index (χ3v) is 4.83. The molecule has 1 fully saturated rings. The molecular weight excluding hydrogens is 386 g/mol. The molecule has 2 aromatic carbocycles. The Bertz CT molecular complexity index is 1220. The Labute approximate surface area is 171 Å². The Morgan fingerprint density at radius 1 is 1.10 bits per heavy atom. The van der Waals surface area contributed by atoms with E-state index in [9.17, 15) is 19.2 Å². The molecule has 9 heteroatoms. The SMILES string of the molecule is Cc1nn(CC(=O)Nc2cccc(CN3C(=O)CNC3=O)c2)c(=O)c2ccccc12. The first-order valence-electron chi connectivity index (χ1n) is 9.36. The van der Waals surface area contributed by atoms with Crippen LogP contribution in [0.1, 0.15) is 11.3 Å². The zero-order chi connectivity index (χ0) is 21.3. The highest BCUT2D eigenvalue weighted by Gasteiger charge is 2.28. The summed E-state index contributed by atoms with van der Waals surface area (Å²) in [5, 5.41) is 10.7. The first-order valence-corrected chi connectivity index (χ1v) is 9.36. The predicted octanol–water partition coefficient (Wildman–Crippen LogP) is 1.40. The number of imide groups is 1. The molecule has 0 radical (unpaired) electrons. The molecule has 1 aromatic heterocycles. The van der Waals surface area contributed by atoms with Gasteiger partial charge in [-0.05, 0) is 30.7 Å². The number of aryl methyl sites for hydroxylation is 1. The van der Waals surface area contributed by atoms with Crippen LogP contribution in [-0.2, 0) is 22.7 Å². The fourth-order valence-electron chi connectivity index (χ4n) is 3.39. The molecule has 9 nitrogen and oxygen atoms in total. The second-order valence-electron chi connectivity index (χ2n) is 6.98. The normalized spacial score (nSPS) is 13.6. The van der Waals surface area contributed by atoms with Crippen LogP contribution in [0.25, 0.3) is 10.8 Å². The molecule has 0 saturated carbocycles. The number of urea groups is 1. The molecule has 4 amide bonds. The van der Waals surface area contributed by atoms with Gasteiger partial charge in [0, 0.05) is 11.1 Å². The molecule has 30 heavy (non-hydrogen) atoms. The Morgan fingerprint density at radius 2 is 1.87 bits per heavy atom. The molecule has 0 atom stereocenters. The third kappa shape index (κ3) is 3.77. The zero-order valence-corrected chi connectivity index (χ0v) is 16.2. The number of nitrogens with one attached hydrogen (secondary N) is 2. The molecule has 152 valence electrons. The molecule has 0 spiro atoms. The number of nitrogens with zero attached hydrogens (tertiary/aromatic N) is 3. The van der Waals surface area contributed by atoms with E-state index in [4.69, 9.17) is 0 Å². The standard InChI is InChI=1S/C21H19N5O4/c1-13-16-7-2-3-8-17(16)20(29)26(24-13)12-18(27)23-15-6-4-5-14(9-15)11-25-19(28)10-22-21(25)30/h2-9H,10-12H2,1H3,(H,22,30)(H,23,27). The van der Waals surface area contributed by atoms with Gasteiger partial charge in [0.1, 0.15) is 6.54 Å². The molecule has 4 rings (SSSR count). The topological polar surface area (TPSA) is 113 Å². The molecule has 1 aliphatic rings. The van der Waals surface area contributed by atoms with Crippen LogP contribution >= 0.6 is 0 Å². The summed E-state index contributed by atoms with van der Waals surface area (Å²) in [5.41, 5.74) is 1.51. The van der Waals surface area contributed by atoms with Crippen molar-refractivity contribution in [3.8, 4) is 0 Å². The number of amides is 4. The van der Waals surface area contributed by atoms with E-state index in [0.717, 1.165) is 15.0 Å². The van der Waals surface area contributed by atoms with Crippen LogP contribution < -0.4 is 16.2 Å². The van der Waals surface area contributed by atoms with Gasteiger partial charge in [0.25, 0.3) is 5.56 Å². The van der Waals surface area contributed by atoms with Gasteiger partial charge in [-0.1, -0.05) is 30.3 Å². The van der Waals surface area contributed by atoms with Crippen LogP contribution in [0.5, 0.6) is 0 Å². The van der Waals surface area contributed by atoms with Gasteiger partial charge in [-0.25, -0.2) is 9.48 Å². The lowest BCUT2D eigenvalue weighted by Gasteiger charge is -2.14. The lowest BCUT2D eigenvalue weighted by molar-refractivity contribution is -0.125. The van der Waals surface area contributed by atoms with E-state index in [1.807, 2.05) is 12.1 Å². The largest absolute Gasteiger partial charge is 0.329 e. The first kappa shape index (κ1) is 19.3. The van der Waals surface area contributed by atoms with Crippen LogP contribution in [0.3, 0.4) is 0 Å². The monoisotopic (exact) mass is 405 g/mol. The third-order valence-electron chi connectivity index (χ3n) is 4.83. The number of carbonyl (C=O) groups is 3. The van der Waals surface area contributed by atoms with Gasteiger partial charge in [0.05, 0.1) is 24.2 Å². The van der Waals surface area contributed by atoms with Gasteiger partial charge in [-0.2, -0.15) is 5.10 Å². The zero-order valence-electron chi connectivity index (χ0n) is 16.2. The summed E-state index contributed by atoms with van der Waals surface area (Å²) < 4.78 is 1.14. The fraction of sp³-hybridized carbons (Fsp3) is 0.190. The highest BCUT2D eigenvalue weighted by Crippen LogP contribution is 2.15. The number of aromatic nitrogens is 2. The molecule has 0 unspecified atom stereocenters. The average Bonchev–Trinajstić information content (AvgIpc) is 3.04. The number of rotatable bonds is 5. The Balaban J connectivity index is 1.49. The number of hydrogen-bond acceptors (Lipinski definition) is 5. The van der Waals surface area contributed by atoms with Crippen molar-refractivity contribution in [2.24, 2.45) is 0 Å². The maximum atomic E-state index is 12.6. The van der Waals surface area contributed by atoms with Crippen molar-refractivity contribution in [2.75, 3.05) is 11.9 Å². The van der Waals surface area contributed by atoms with Gasteiger partial charge >= 0.3 is 6.03 Å². The van der Waals surface area contributed by atoms with Gasteiger partial charge in [-0.3, -0.25) is 19.3 Å². The van der Waals surface area contributed by atoms with Crippen molar-refractivity contribution in [1.82, 2.24) is 20.0 Å². The summed E-state index contributed by atoms with van der Waals surface area (Å²) >= 11 is 0. The van der Waals surface area contributed by atoms with E-state index in [2.05, 4.69) is 15.7 Å². The summed E-state index contributed by atoms with van der Waals surface area (Å²) in [5.74, 6) is -0.710. The van der Waals surface area contributed by atoms with E-state index in [1.165, 1.54) is 0 Å². The van der Waals surface area contributed by atoms with E-state index < -0.39 is 11.9 Å². The smallest absolute Gasteiger partial charge is 0.324 e. The van der Waals surface area contributed by atoms with Crippen molar-refractivity contribution in [2.45, 2.75) is 20.0 Å². The highest BCUT2D eigenvalue weighted by atomic mass is 16.2. The van der Waals surface area contributed by atoms with Crippen LogP contribution in [0.2, 0.25) is 0 Å². The lowest BCUT2D eigenvalue weighted by Crippen LogP contribution is -2.31. The van der Waals surface area contributed by atoms with Gasteiger partial charge in [0.2, 0.25) is 11.8 Å². The maximum absolute atomic E-state index is 12.6. The van der Waals surface area contributed by atoms with Crippen LogP contribution in [0, 0.1) is 6.92 Å². The lowest BCUT2D eigenvalue weighted by atomic mass is 10.1. The minimum Gasteiger partial charge on any atom is -0.329 e. The van der Waals surface area contributed by atoms with Crippen LogP contribution in [-0.4, -0.2) is 39.1 Å². The number of carbonyl (C=O) groups excluding carboxylic acids is 3. The van der Waals surface area contributed by atoms with Crippen LogP contribution in [0.4, 0.5) is 10.5 Å². The second-order valence-corrected chi connectivity index (χ2v) is 6.98. The maximum Gasteiger partial charge on any atom is 0.324 e. The summed E-state index contributed by atoms with van der Waals surface area (Å²) in [7, 11) is 0. The van der Waals surface area contributed by atoms with Crippen LogP contribution in [0.15, 0.2) is 53.3 Å². The van der Waals surface area contributed by atoms with Crippen molar-refractivity contribution in [1.29, 1.82) is 0 Å². The Morgan fingerprint density at radius 3 is 2.60 bits per heavy atom. The predicted molar refractivity (Wildman–Crippen MR) is 110 cm³/mol. The Hall–Kier alpha value is -4.01. The summed E-state index contributed by atoms with van der Waals surface area (Å²) in [6.07, 6.45) is 0. The van der Waals surface area contributed by atoms with Gasteiger partial charge < -0.3 is 10.6 Å². The van der Waals surface area contributed by atoms with E-state index >= 15 is 0 Å². The number of anilines is 1. The summed E-state index contributed by atoms with van der Waals surface area (Å²) in [4.78, 5) is 49.7. The minimum absolute atomic E-state index is 0.0117. The Kier molecular flexibility index (Phi) is 5.01. The molecule has 0 bridgehead atoms. The number of fused-ring (bicyclic) bond motifs is 1. The van der Waals surface area contributed by atoms with E-state index in [0.29, 0.717) is 22.3 Å². The molecule has 1 saturated heterocycles. The minimum atomic E-state index is -0.438. The van der Waals surface area contributed by atoms with Crippen molar-refractivity contribution >= 4 is 34.3 Å². The fourth-order valence-corrected chi connectivity index (χ4v) is 3.39. The van der Waals surface area contributed by atoms with Gasteiger partial charge in [0.15, 0.2) is 0 Å². The van der Waals surface area contributed by atoms with Crippen molar-refractivity contribution in [3.05, 3.63) is 70.1 Å². The van der Waals surface area contributed by atoms with E-state index in [-0.39, 0.29) is 31.1 Å². The quantitative estimate of drug-likeness (QED) is 0.623. The molecule has 2 N–H and O–H groups in total. The molecule has 2 heterocycles. The molecule has 1 aliphatic heterocycles. The highest BCUT2D eigenvalue weighted by molar-refractivity contribution is 6.01. The van der Waals surface area contributed by atoms with Crippen molar-refractivity contribution in [3.63, 3.8) is 0 Å². The number of hydrogen-bond donors (Lipinski definition) is 2. The summed E-state index contributed by atoms with van der Waals surface area (Å²) in [6, 6.07) is 13.5. The second kappa shape index (κ2) is 7.78. The number of benzene rings is 2.